The van der Waals surface area contributed by atoms with E-state index in [2.05, 4.69) is 0 Å². The summed E-state index contributed by atoms with van der Waals surface area (Å²) in [5.41, 5.74) is 0. The van der Waals surface area contributed by atoms with Crippen LogP contribution in [0.2, 0.25) is 0 Å². The van der Waals surface area contributed by atoms with Gasteiger partial charge in [0, 0.05) is 26.4 Å². The van der Waals surface area contributed by atoms with E-state index >= 15 is 0 Å². The molecule has 1 unspecified atom stereocenters. The predicted octanol–water partition coefficient (Wildman–Crippen LogP) is -0.748. The highest BCUT2D eigenvalue weighted by Gasteiger charge is 2.45. The molecule has 3 heterocycles. The van der Waals surface area contributed by atoms with Gasteiger partial charge in [-0.2, -0.15) is 0 Å². The van der Waals surface area contributed by atoms with Crippen LogP contribution in [-0.4, -0.2) is 101 Å². The molecule has 12 atom stereocenters. The molecule has 0 spiro atoms. The molecule has 3 fully saturated rings. The highest BCUT2D eigenvalue weighted by molar-refractivity contribution is 4.88. The van der Waals surface area contributed by atoms with Crippen LogP contribution in [0.25, 0.3) is 0 Å². The minimum absolute atomic E-state index is 0.0715. The van der Waals surface area contributed by atoms with Crippen LogP contribution in [0.3, 0.4) is 0 Å². The molecule has 0 radical (unpaired) electrons. The van der Waals surface area contributed by atoms with Crippen molar-refractivity contribution in [1.29, 1.82) is 0 Å². The monoisotopic (exact) mass is 422 g/mol. The van der Waals surface area contributed by atoms with Gasteiger partial charge >= 0.3 is 0 Å². The summed E-state index contributed by atoms with van der Waals surface area (Å²) in [6.45, 7) is 5.23. The predicted molar refractivity (Wildman–Crippen MR) is 97.6 cm³/mol. The normalized spacial score (nSPS) is 51.7. The summed E-state index contributed by atoms with van der Waals surface area (Å²) in [4.78, 5) is 0. The van der Waals surface area contributed by atoms with Gasteiger partial charge in [0.25, 0.3) is 0 Å². The summed E-state index contributed by atoms with van der Waals surface area (Å²) in [6, 6.07) is 0. The Labute approximate surface area is 170 Å². The molecule has 4 N–H and O–H groups in total. The van der Waals surface area contributed by atoms with Gasteiger partial charge in [0.05, 0.1) is 36.6 Å². The van der Waals surface area contributed by atoms with Crippen molar-refractivity contribution in [2.45, 2.75) is 114 Å². The van der Waals surface area contributed by atoms with E-state index in [0.717, 1.165) is 0 Å². The molecule has 3 aliphatic heterocycles. The van der Waals surface area contributed by atoms with E-state index in [1.54, 1.807) is 21.0 Å². The molecular weight excluding hydrogens is 388 g/mol. The van der Waals surface area contributed by atoms with Gasteiger partial charge in [0.2, 0.25) is 0 Å². The van der Waals surface area contributed by atoms with Gasteiger partial charge in [0.1, 0.15) is 18.3 Å². The standard InChI is InChI=1S/C19H34O10/c1-8-17(23)11(20)6-15(26-8)29-19-10(3)27-16(7-13(19)24-4)28-18-9(2)25-14(22)5-12(18)21/h8-23H,5-7H2,1-4H3/t8-,9-,10-,11+,12+,13+,14?,15+,16+,17-,18-,19-/m1/s1. The quantitative estimate of drug-likeness (QED) is 0.448. The maximum absolute atomic E-state index is 10.2. The van der Waals surface area contributed by atoms with E-state index in [-0.39, 0.29) is 18.9 Å². The maximum Gasteiger partial charge on any atom is 0.161 e. The number of aliphatic hydroxyl groups excluding tert-OH is 4. The highest BCUT2D eigenvalue weighted by Crippen LogP contribution is 2.32. The van der Waals surface area contributed by atoms with Gasteiger partial charge in [-0.05, 0) is 20.8 Å². The second kappa shape index (κ2) is 9.82. The van der Waals surface area contributed by atoms with E-state index in [9.17, 15) is 20.4 Å². The number of rotatable bonds is 5. The minimum Gasteiger partial charge on any atom is -0.390 e. The molecule has 170 valence electrons. The summed E-state index contributed by atoms with van der Waals surface area (Å²) in [7, 11) is 1.57. The average Bonchev–Trinajstić information content (AvgIpc) is 2.64. The Balaban J connectivity index is 1.58. The van der Waals surface area contributed by atoms with Crippen molar-refractivity contribution in [1.82, 2.24) is 0 Å². The number of ether oxygens (including phenoxy) is 6. The van der Waals surface area contributed by atoms with Crippen LogP contribution in [0.1, 0.15) is 40.0 Å². The Hall–Kier alpha value is -0.400. The second-order valence-corrected chi connectivity index (χ2v) is 8.15. The Morgan fingerprint density at radius 1 is 0.690 bits per heavy atom. The van der Waals surface area contributed by atoms with E-state index < -0.39 is 67.7 Å². The summed E-state index contributed by atoms with van der Waals surface area (Å²) in [5, 5.41) is 39.6. The molecule has 0 aliphatic carbocycles. The largest absolute Gasteiger partial charge is 0.390 e. The summed E-state index contributed by atoms with van der Waals surface area (Å²) in [5.74, 6) is 0. The average molecular weight is 422 g/mol. The van der Waals surface area contributed by atoms with Gasteiger partial charge in [-0.1, -0.05) is 0 Å². The van der Waals surface area contributed by atoms with E-state index in [1.165, 1.54) is 0 Å². The molecular formula is C19H34O10. The summed E-state index contributed by atoms with van der Waals surface area (Å²) in [6.07, 6.45) is -7.43. The van der Waals surface area contributed by atoms with Crippen LogP contribution in [0.4, 0.5) is 0 Å². The van der Waals surface area contributed by atoms with Crippen molar-refractivity contribution in [3.05, 3.63) is 0 Å². The molecule has 0 saturated carbocycles. The van der Waals surface area contributed by atoms with Crippen molar-refractivity contribution >= 4 is 0 Å². The fourth-order valence-corrected chi connectivity index (χ4v) is 4.21. The van der Waals surface area contributed by atoms with Crippen LogP contribution in [0.5, 0.6) is 0 Å². The highest BCUT2D eigenvalue weighted by atomic mass is 16.7. The van der Waals surface area contributed by atoms with E-state index in [4.69, 9.17) is 28.4 Å². The lowest BCUT2D eigenvalue weighted by Crippen LogP contribution is -2.56. The maximum atomic E-state index is 10.2. The molecule has 0 aromatic heterocycles. The Kier molecular flexibility index (Phi) is 7.88. The zero-order valence-electron chi connectivity index (χ0n) is 17.3. The topological polar surface area (TPSA) is 136 Å². The van der Waals surface area contributed by atoms with Crippen molar-refractivity contribution in [2.24, 2.45) is 0 Å². The molecule has 0 aromatic carbocycles. The molecule has 10 heteroatoms. The first kappa shape index (κ1) is 23.3. The first-order chi connectivity index (χ1) is 13.7. The van der Waals surface area contributed by atoms with Crippen molar-refractivity contribution < 1.29 is 48.8 Å². The lowest BCUT2D eigenvalue weighted by Gasteiger charge is -2.45. The number of methoxy groups -OCH3 is 1. The van der Waals surface area contributed by atoms with E-state index in [1.807, 2.05) is 6.92 Å². The number of hydrogen-bond donors (Lipinski definition) is 4. The van der Waals surface area contributed by atoms with Crippen LogP contribution < -0.4 is 0 Å². The number of hydrogen-bond acceptors (Lipinski definition) is 10. The fraction of sp³-hybridized carbons (Fsp3) is 1.00. The molecule has 0 aromatic rings. The summed E-state index contributed by atoms with van der Waals surface area (Å²) >= 11 is 0. The van der Waals surface area contributed by atoms with E-state index in [0.29, 0.717) is 6.42 Å². The minimum atomic E-state index is -1.01. The zero-order chi connectivity index (χ0) is 21.3. The first-order valence-electron chi connectivity index (χ1n) is 10.2. The Morgan fingerprint density at radius 2 is 1.28 bits per heavy atom. The third-order valence-electron chi connectivity index (χ3n) is 5.87. The molecule has 3 saturated heterocycles. The molecule has 10 nitrogen and oxygen atoms in total. The van der Waals surface area contributed by atoms with Gasteiger partial charge < -0.3 is 48.8 Å². The molecule has 3 rings (SSSR count). The molecule has 0 amide bonds. The Morgan fingerprint density at radius 3 is 1.90 bits per heavy atom. The lowest BCUT2D eigenvalue weighted by atomic mass is 9.99. The Bertz CT molecular complexity index is 497. The van der Waals surface area contributed by atoms with Crippen LogP contribution in [-0.2, 0) is 28.4 Å². The van der Waals surface area contributed by atoms with Gasteiger partial charge in [-0.25, -0.2) is 0 Å². The fourth-order valence-electron chi connectivity index (χ4n) is 4.21. The summed E-state index contributed by atoms with van der Waals surface area (Å²) < 4.78 is 34.5. The first-order valence-corrected chi connectivity index (χ1v) is 10.2. The third kappa shape index (κ3) is 5.45. The molecule has 3 aliphatic rings. The van der Waals surface area contributed by atoms with Gasteiger partial charge in [0.15, 0.2) is 18.9 Å². The van der Waals surface area contributed by atoms with Crippen molar-refractivity contribution in [2.75, 3.05) is 7.11 Å². The van der Waals surface area contributed by atoms with Crippen molar-refractivity contribution in [3.8, 4) is 0 Å². The molecule has 29 heavy (non-hydrogen) atoms. The van der Waals surface area contributed by atoms with Crippen LogP contribution in [0, 0.1) is 0 Å². The SMILES string of the molecule is CO[C@H]1C[C@H](O[C@H]2[C@@H](O)CC(O)O[C@@H]2C)O[C@H](C)[C@H]1O[C@H]1C[C@H](O)[C@H](O)[C@@H](C)O1. The lowest BCUT2D eigenvalue weighted by molar-refractivity contribution is -0.333. The zero-order valence-corrected chi connectivity index (χ0v) is 17.3. The number of aliphatic hydroxyl groups is 4. The van der Waals surface area contributed by atoms with Crippen LogP contribution in [0.15, 0.2) is 0 Å². The van der Waals surface area contributed by atoms with Gasteiger partial charge in [-0.3, -0.25) is 0 Å². The van der Waals surface area contributed by atoms with Crippen molar-refractivity contribution in [3.63, 3.8) is 0 Å². The van der Waals surface area contributed by atoms with Crippen LogP contribution >= 0.6 is 0 Å². The third-order valence-corrected chi connectivity index (χ3v) is 5.87. The second-order valence-electron chi connectivity index (χ2n) is 8.15. The smallest absolute Gasteiger partial charge is 0.161 e. The van der Waals surface area contributed by atoms with Gasteiger partial charge in [-0.15, -0.1) is 0 Å². The molecule has 0 bridgehead atoms.